The first kappa shape index (κ1) is 27.3. The summed E-state index contributed by atoms with van der Waals surface area (Å²) in [5.41, 5.74) is 14.8. The van der Waals surface area contributed by atoms with Gasteiger partial charge in [-0.2, -0.15) is 0 Å². The molecule has 2 aliphatic carbocycles. The van der Waals surface area contributed by atoms with E-state index in [1.165, 1.54) is 6.07 Å². The molecule has 39 heavy (non-hydrogen) atoms. The number of carbonyl (C=O) groups excluding carboxylic acids is 3. The lowest BCUT2D eigenvalue weighted by molar-refractivity contribution is -0.148. The number of ketones is 1. The number of amides is 1. The topological polar surface area (TPSA) is 139 Å². The molecule has 3 aliphatic rings. The Hall–Kier alpha value is -3.24. The van der Waals surface area contributed by atoms with E-state index in [2.05, 4.69) is 19.2 Å². The van der Waals surface area contributed by atoms with Crippen LogP contribution in [0.25, 0.3) is 5.69 Å². The molecular weight excluding hydrogens is 503 g/mol. The van der Waals surface area contributed by atoms with E-state index in [4.69, 9.17) is 20.9 Å². The van der Waals surface area contributed by atoms with Crippen LogP contribution in [0.4, 0.5) is 10.1 Å². The Morgan fingerprint density at radius 3 is 2.49 bits per heavy atom. The fourth-order valence-electron chi connectivity index (χ4n) is 6.55. The van der Waals surface area contributed by atoms with Crippen LogP contribution in [0.2, 0.25) is 0 Å². The number of anilines is 1. The summed E-state index contributed by atoms with van der Waals surface area (Å²) in [6.07, 6.45) is 5.32. The maximum atomic E-state index is 15.6. The number of nitrogens with two attached hydrogens (primary N) is 2. The number of nitrogens with one attached hydrogen (secondary N) is 1. The smallest absolute Gasteiger partial charge is 0.319 e. The van der Waals surface area contributed by atoms with Crippen molar-refractivity contribution in [3.8, 4) is 5.69 Å². The van der Waals surface area contributed by atoms with Crippen molar-refractivity contribution >= 4 is 23.3 Å². The largest absolute Gasteiger partial charge is 0.461 e. The number of halogens is 1. The molecule has 0 spiro atoms. The molecule has 0 radical (unpaired) electrons. The molecule has 10 heteroatoms. The van der Waals surface area contributed by atoms with Crippen molar-refractivity contribution in [1.82, 2.24) is 4.57 Å². The minimum absolute atomic E-state index is 0.0624. The van der Waals surface area contributed by atoms with Gasteiger partial charge in [-0.3, -0.25) is 14.4 Å². The highest BCUT2D eigenvalue weighted by Gasteiger charge is 2.42. The van der Waals surface area contributed by atoms with Gasteiger partial charge in [-0.05, 0) is 62.5 Å². The van der Waals surface area contributed by atoms with E-state index in [0.717, 1.165) is 29.8 Å². The quantitative estimate of drug-likeness (QED) is 0.432. The molecule has 1 aromatic heterocycles. The number of nitrogens with zero attached hydrogens (tertiary/aromatic N) is 1. The zero-order valence-corrected chi connectivity index (χ0v) is 22.6. The van der Waals surface area contributed by atoms with Gasteiger partial charge in [0, 0.05) is 29.3 Å². The van der Waals surface area contributed by atoms with E-state index in [-0.39, 0.29) is 35.5 Å². The van der Waals surface area contributed by atoms with Gasteiger partial charge in [-0.15, -0.1) is 0 Å². The maximum absolute atomic E-state index is 15.6. The lowest BCUT2D eigenvalue weighted by Gasteiger charge is -2.36. The molecule has 210 valence electrons. The van der Waals surface area contributed by atoms with Gasteiger partial charge in [0.15, 0.2) is 5.78 Å². The van der Waals surface area contributed by atoms with Gasteiger partial charge in [-0.1, -0.05) is 13.8 Å². The highest BCUT2D eigenvalue weighted by Crippen LogP contribution is 2.46. The monoisotopic (exact) mass is 540 g/mol. The Kier molecular flexibility index (Phi) is 7.52. The number of fused-ring (bicyclic) bond motifs is 3. The molecule has 9 nitrogen and oxygen atoms in total. The van der Waals surface area contributed by atoms with Gasteiger partial charge in [0.25, 0.3) is 5.91 Å². The van der Waals surface area contributed by atoms with Crippen LogP contribution in [-0.2, 0) is 33.9 Å². The van der Waals surface area contributed by atoms with Crippen molar-refractivity contribution in [2.75, 3.05) is 11.9 Å². The van der Waals surface area contributed by atoms with Crippen LogP contribution in [0.5, 0.6) is 0 Å². The normalized spacial score (nSPS) is 21.8. The van der Waals surface area contributed by atoms with E-state index < -0.39 is 17.7 Å². The Morgan fingerprint density at radius 1 is 1.13 bits per heavy atom. The van der Waals surface area contributed by atoms with Crippen LogP contribution in [0.3, 0.4) is 0 Å². The molecule has 0 atom stereocenters. The second kappa shape index (κ2) is 10.7. The lowest BCUT2D eigenvalue weighted by Crippen LogP contribution is -2.33. The van der Waals surface area contributed by atoms with Gasteiger partial charge in [0.05, 0.1) is 42.4 Å². The summed E-state index contributed by atoms with van der Waals surface area (Å²) in [6.45, 7) is 4.75. The van der Waals surface area contributed by atoms with E-state index >= 15 is 4.39 Å². The van der Waals surface area contributed by atoms with E-state index in [1.807, 2.05) is 4.57 Å². The molecule has 2 aromatic rings. The predicted octanol–water partition coefficient (Wildman–Crippen LogP) is 3.91. The van der Waals surface area contributed by atoms with Crippen LogP contribution in [0.1, 0.15) is 96.5 Å². The Bertz CT molecular complexity index is 1310. The zero-order chi connectivity index (χ0) is 27.9. The number of rotatable bonds is 8. The van der Waals surface area contributed by atoms with Crippen LogP contribution < -0.4 is 16.8 Å². The van der Waals surface area contributed by atoms with Crippen LogP contribution >= 0.6 is 0 Å². The van der Waals surface area contributed by atoms with Gasteiger partial charge in [-0.25, -0.2) is 4.39 Å². The summed E-state index contributed by atoms with van der Waals surface area (Å²) in [5, 5.41) is 3.34. The number of hydrogen-bond donors (Lipinski definition) is 3. The summed E-state index contributed by atoms with van der Waals surface area (Å²) in [6, 6.07) is 3.01. The third-order valence-corrected chi connectivity index (χ3v) is 8.90. The van der Waals surface area contributed by atoms with Crippen molar-refractivity contribution in [2.24, 2.45) is 16.9 Å². The first-order valence-electron chi connectivity index (χ1n) is 13.9. The minimum atomic E-state index is -0.860. The summed E-state index contributed by atoms with van der Waals surface area (Å²) in [5.74, 6) is -1.90. The Balaban J connectivity index is 1.52. The highest BCUT2D eigenvalue weighted by molar-refractivity contribution is 6.01. The van der Waals surface area contributed by atoms with E-state index in [9.17, 15) is 14.4 Å². The van der Waals surface area contributed by atoms with Crippen LogP contribution in [0, 0.1) is 11.2 Å². The average Bonchev–Trinajstić information content (AvgIpc) is 3.49. The molecule has 1 amide bonds. The number of esters is 1. The fraction of sp³-hybridized carbons (Fsp3) is 0.552. The standard InChI is InChI=1S/C29H37FN4O5/c1-3-29(4-2)11-22-26(24(35)12-29)19-14-38-15-23(19)34(22)17-9-20(30)27(28(32)37)21(10-17)33-16-5-7-18(8-6-16)39-25(36)13-31/h9-10,16,18,33H,3-8,11-15,31H2,1-2H3,(H2,32,37)/t16-,18-. The van der Waals surface area contributed by atoms with E-state index in [1.54, 1.807) is 6.07 Å². The molecule has 0 bridgehead atoms. The number of primary amides is 1. The van der Waals surface area contributed by atoms with Crippen LogP contribution in [0.15, 0.2) is 12.1 Å². The molecule has 5 rings (SSSR count). The SMILES string of the molecule is CCC1(CC)CC(=O)c2c3c(n(-c4cc(F)c(C(N)=O)c(N[C@H]5CC[C@H](OC(=O)CN)CC5)c4)c2C1)COC3. The van der Waals surface area contributed by atoms with E-state index in [0.29, 0.717) is 68.7 Å². The molecule has 5 N–H and O–H groups in total. The summed E-state index contributed by atoms with van der Waals surface area (Å²) in [7, 11) is 0. The Labute approximate surface area is 227 Å². The Morgan fingerprint density at radius 2 is 1.85 bits per heavy atom. The summed E-state index contributed by atoms with van der Waals surface area (Å²) < 4.78 is 28.6. The van der Waals surface area contributed by atoms with Crippen molar-refractivity contribution in [2.45, 2.75) is 90.6 Å². The number of Topliss-reactive ketones (excluding diaryl/α,β-unsaturated/α-hetero) is 1. The van der Waals surface area contributed by atoms with Gasteiger partial charge < -0.3 is 30.8 Å². The molecular formula is C29H37FN4O5. The predicted molar refractivity (Wildman–Crippen MR) is 143 cm³/mol. The molecule has 1 aromatic carbocycles. The fourth-order valence-corrected chi connectivity index (χ4v) is 6.55. The number of carbonyl (C=O) groups is 3. The van der Waals surface area contributed by atoms with Gasteiger partial charge in [0.2, 0.25) is 0 Å². The minimum Gasteiger partial charge on any atom is -0.461 e. The highest BCUT2D eigenvalue weighted by atomic mass is 19.1. The molecule has 2 heterocycles. The first-order valence-corrected chi connectivity index (χ1v) is 13.9. The number of aromatic nitrogens is 1. The van der Waals surface area contributed by atoms with Crippen molar-refractivity contribution in [3.63, 3.8) is 0 Å². The first-order chi connectivity index (χ1) is 18.7. The van der Waals surface area contributed by atoms with Crippen molar-refractivity contribution in [1.29, 1.82) is 0 Å². The van der Waals surface area contributed by atoms with Gasteiger partial charge >= 0.3 is 5.97 Å². The third-order valence-electron chi connectivity index (χ3n) is 8.90. The molecule has 0 saturated heterocycles. The second-order valence-electron chi connectivity index (χ2n) is 11.1. The maximum Gasteiger partial charge on any atom is 0.319 e. The summed E-state index contributed by atoms with van der Waals surface area (Å²) in [4.78, 5) is 37.3. The second-order valence-corrected chi connectivity index (χ2v) is 11.1. The van der Waals surface area contributed by atoms with Gasteiger partial charge in [0.1, 0.15) is 11.9 Å². The molecule has 0 unspecified atom stereocenters. The third kappa shape index (κ3) is 4.96. The number of hydrogen-bond acceptors (Lipinski definition) is 7. The summed E-state index contributed by atoms with van der Waals surface area (Å²) >= 11 is 0. The molecule has 1 saturated carbocycles. The van der Waals surface area contributed by atoms with Crippen molar-refractivity contribution in [3.05, 3.63) is 46.0 Å². The van der Waals surface area contributed by atoms with Crippen LogP contribution in [-0.4, -0.2) is 40.9 Å². The van der Waals surface area contributed by atoms with Crippen molar-refractivity contribution < 1.29 is 28.2 Å². The molecule has 1 aliphatic heterocycles. The molecule has 1 fully saturated rings. The zero-order valence-electron chi connectivity index (χ0n) is 22.6. The lowest BCUT2D eigenvalue weighted by atomic mass is 9.69. The number of ether oxygens (including phenoxy) is 2. The average molecular weight is 541 g/mol. The number of benzene rings is 1.